The van der Waals surface area contributed by atoms with Crippen LogP contribution in [0.15, 0.2) is 52.0 Å². The van der Waals surface area contributed by atoms with Crippen molar-refractivity contribution in [3.05, 3.63) is 76.6 Å². The highest BCUT2D eigenvalue weighted by Crippen LogP contribution is 2.34. The number of halogens is 4. The molecule has 1 aliphatic rings. The average Bonchev–Trinajstić information content (AvgIpc) is 3.72. The number of aliphatic imine (C=N–C) groups is 1. The molecule has 0 radical (unpaired) electrons. The molecule has 0 unspecified atom stereocenters. The second-order valence-electron chi connectivity index (χ2n) is 16.9. The molecule has 0 fully saturated rings. The van der Waals surface area contributed by atoms with Gasteiger partial charge in [0.05, 0.1) is 163 Å². The van der Waals surface area contributed by atoms with Crippen LogP contribution in [-0.2, 0) is 83.3 Å². The smallest absolute Gasteiger partial charge is 0.313 e. The minimum absolute atomic E-state index is 0.0165. The van der Waals surface area contributed by atoms with Crippen molar-refractivity contribution in [1.29, 1.82) is 0 Å². The van der Waals surface area contributed by atoms with E-state index in [1.54, 1.807) is 6.20 Å². The fraction of sp³-hybridized carbons (Fsp3) is 0.558. The number of nitrogens with two attached hydrogens (primary N) is 1. The van der Waals surface area contributed by atoms with Crippen molar-refractivity contribution in [3.63, 3.8) is 0 Å². The Morgan fingerprint density at radius 2 is 1.11 bits per heavy atom. The third kappa shape index (κ3) is 25.0. The molecule has 0 aliphatic carbocycles. The maximum atomic E-state index is 14.0. The number of ether oxygens (including phenoxy) is 11. The summed E-state index contributed by atoms with van der Waals surface area (Å²) in [5, 5.41) is 4.24. The first-order valence-electron chi connectivity index (χ1n) is 25.8. The molecule has 23 nitrogen and oxygen atoms in total. The second-order valence-corrected chi connectivity index (χ2v) is 18.2. The van der Waals surface area contributed by atoms with E-state index in [0.717, 1.165) is 23.1 Å². The number of rotatable bonds is 43. The SMILES string of the molecule is CCCN(OCC)C(=O)C1=Cc2ccc(-c3ccc(CNC(=O)CCOCCOCCOCCOCCOCCOCCOCCOCCOCCOCCC(=O)Oc4c(F)c(F)c(S(=O)(=O)O)c(F)c4F)nc3)cc2N=C(N)C1. The maximum Gasteiger partial charge on any atom is 0.313 e. The van der Waals surface area contributed by atoms with Crippen LogP contribution in [0.5, 0.6) is 5.75 Å². The van der Waals surface area contributed by atoms with Crippen LogP contribution in [0.1, 0.15) is 50.8 Å². The molecule has 4 N–H and O–H groups in total. The van der Waals surface area contributed by atoms with E-state index in [1.807, 2.05) is 50.3 Å². The summed E-state index contributed by atoms with van der Waals surface area (Å²) in [7, 11) is -5.65. The van der Waals surface area contributed by atoms with E-state index >= 15 is 0 Å². The average molecular weight is 1160 g/mol. The quantitative estimate of drug-likeness (QED) is 0.0132. The Balaban J connectivity index is 0.858. The number of hydroxylamine groups is 2. The van der Waals surface area contributed by atoms with Gasteiger partial charge >= 0.3 is 16.1 Å². The van der Waals surface area contributed by atoms with E-state index in [2.05, 4.69) is 20.0 Å². The first-order chi connectivity index (χ1) is 38.6. The first kappa shape index (κ1) is 66.9. The van der Waals surface area contributed by atoms with Gasteiger partial charge in [0.15, 0.2) is 16.5 Å². The van der Waals surface area contributed by atoms with Gasteiger partial charge in [0, 0.05) is 42.3 Å². The van der Waals surface area contributed by atoms with Crippen molar-refractivity contribution in [1.82, 2.24) is 15.4 Å². The van der Waals surface area contributed by atoms with E-state index in [4.69, 9.17) is 62.5 Å². The minimum atomic E-state index is -5.65. The van der Waals surface area contributed by atoms with Gasteiger partial charge in [0.25, 0.3) is 5.91 Å². The lowest BCUT2D eigenvalue weighted by Gasteiger charge is -2.21. The Hall–Kier alpha value is -5.60. The van der Waals surface area contributed by atoms with Gasteiger partial charge in [-0.25, -0.2) is 18.8 Å². The van der Waals surface area contributed by atoms with E-state index in [0.29, 0.717) is 128 Å². The van der Waals surface area contributed by atoms with Crippen LogP contribution in [0.25, 0.3) is 17.2 Å². The number of nitrogens with zero attached hydrogens (tertiary/aromatic N) is 3. The maximum absolute atomic E-state index is 14.0. The fourth-order valence-electron chi connectivity index (χ4n) is 6.90. The van der Waals surface area contributed by atoms with Crippen LogP contribution in [0.2, 0.25) is 0 Å². The number of amides is 2. The van der Waals surface area contributed by atoms with Crippen molar-refractivity contribution >= 4 is 45.5 Å². The number of carbonyl (C=O) groups is 3. The first-order valence-corrected chi connectivity index (χ1v) is 27.2. The van der Waals surface area contributed by atoms with Gasteiger partial charge in [0.1, 0.15) is 5.84 Å². The lowest BCUT2D eigenvalue weighted by atomic mass is 10.0. The molecular weight excluding hydrogens is 1090 g/mol. The van der Waals surface area contributed by atoms with E-state index < -0.39 is 56.4 Å². The zero-order chi connectivity index (χ0) is 58.0. The zero-order valence-corrected chi connectivity index (χ0v) is 45.7. The van der Waals surface area contributed by atoms with Crippen molar-refractivity contribution < 1.29 is 102 Å². The standard InChI is InChI=1S/C52H71F4N5O18S/c1-3-11-61(78-4-2)52(64)40-32-38-6-5-37(33-42(38)60-43(57)34-40)39-7-8-41(58-35-39)36-59-44(62)9-12-68-14-16-70-18-20-72-22-24-74-26-28-76-30-31-77-29-27-75-25-23-73-21-19-71-17-15-69-13-10-45(63)79-50-46(53)48(55)51(80(65,66)67)49(56)47(50)54/h5-8,32-33,35H,3-4,9-31,34,36H2,1-2H3,(H2,57,60)(H,59,62)(H,65,66,67). The molecule has 2 amide bonds. The number of pyridine rings is 1. The molecule has 28 heteroatoms. The van der Waals surface area contributed by atoms with Crippen LogP contribution < -0.4 is 15.8 Å². The topological polar surface area (TPSA) is 283 Å². The fourth-order valence-corrected chi connectivity index (χ4v) is 7.53. The van der Waals surface area contributed by atoms with E-state index in [-0.39, 0.29) is 70.8 Å². The van der Waals surface area contributed by atoms with Crippen molar-refractivity contribution in [3.8, 4) is 16.9 Å². The molecule has 0 atom stereocenters. The van der Waals surface area contributed by atoms with Crippen LogP contribution in [0.4, 0.5) is 23.2 Å². The molecule has 0 saturated heterocycles. The summed E-state index contributed by atoms with van der Waals surface area (Å²) in [4.78, 5) is 49.8. The summed E-state index contributed by atoms with van der Waals surface area (Å²) in [5.41, 5.74) is 10.6. The van der Waals surface area contributed by atoms with Crippen molar-refractivity contribution in [2.45, 2.75) is 51.0 Å². The molecule has 3 aromatic rings. The second kappa shape index (κ2) is 38.2. The zero-order valence-electron chi connectivity index (χ0n) is 44.9. The molecule has 1 aromatic heterocycles. The van der Waals surface area contributed by atoms with Gasteiger partial charge < -0.3 is 63.2 Å². The van der Waals surface area contributed by atoms with Crippen molar-refractivity contribution in [2.24, 2.45) is 10.7 Å². The molecule has 0 saturated carbocycles. The summed E-state index contributed by atoms with van der Waals surface area (Å²) in [6.07, 6.45) is 4.12. The normalized spacial score (nSPS) is 12.4. The number of benzene rings is 2. The Labute approximate surface area is 461 Å². The highest BCUT2D eigenvalue weighted by Gasteiger charge is 2.34. The number of amidine groups is 1. The number of hydrogen-bond donors (Lipinski definition) is 3. The molecule has 2 aromatic carbocycles. The van der Waals surface area contributed by atoms with Gasteiger partial charge in [-0.05, 0) is 37.1 Å². The molecule has 4 rings (SSSR count). The third-order valence-corrected chi connectivity index (χ3v) is 11.6. The number of esters is 1. The van der Waals surface area contributed by atoms with Gasteiger partial charge in [-0.1, -0.05) is 25.1 Å². The minimum Gasteiger partial charge on any atom is -0.420 e. The molecule has 446 valence electrons. The van der Waals surface area contributed by atoms with Gasteiger partial charge in [0.2, 0.25) is 23.3 Å². The molecule has 2 heterocycles. The summed E-state index contributed by atoms with van der Waals surface area (Å²) >= 11 is 0. The summed E-state index contributed by atoms with van der Waals surface area (Å²) in [6.45, 7) is 10.7. The third-order valence-electron chi connectivity index (χ3n) is 10.8. The van der Waals surface area contributed by atoms with Gasteiger partial charge in [-0.2, -0.15) is 17.2 Å². The summed E-state index contributed by atoms with van der Waals surface area (Å²) < 4.78 is 145. The highest BCUT2D eigenvalue weighted by molar-refractivity contribution is 7.85. The molecular formula is C52H71F4N5O18S. The number of carbonyl (C=O) groups excluding carboxylic acids is 3. The molecule has 0 spiro atoms. The number of nitrogens with one attached hydrogen (secondary N) is 1. The van der Waals surface area contributed by atoms with E-state index in [9.17, 15) is 40.4 Å². The Morgan fingerprint density at radius 3 is 1.55 bits per heavy atom. The van der Waals surface area contributed by atoms with Gasteiger partial charge in [-0.3, -0.25) is 28.8 Å². The molecule has 0 bridgehead atoms. The van der Waals surface area contributed by atoms with Crippen LogP contribution in [0, 0.1) is 23.3 Å². The molecule has 80 heavy (non-hydrogen) atoms. The van der Waals surface area contributed by atoms with Gasteiger partial charge in [-0.15, -0.1) is 0 Å². The van der Waals surface area contributed by atoms with Crippen LogP contribution >= 0.6 is 0 Å². The van der Waals surface area contributed by atoms with E-state index in [1.165, 1.54) is 5.06 Å². The van der Waals surface area contributed by atoms with Crippen LogP contribution in [0.3, 0.4) is 0 Å². The lowest BCUT2D eigenvalue weighted by molar-refractivity contribution is -0.180. The number of aromatic nitrogens is 1. The highest BCUT2D eigenvalue weighted by atomic mass is 32.2. The number of fused-ring (bicyclic) bond motifs is 1. The lowest BCUT2D eigenvalue weighted by Crippen LogP contribution is -2.34. The largest absolute Gasteiger partial charge is 0.420 e. The summed E-state index contributed by atoms with van der Waals surface area (Å²) in [5.74, 6) is -12.7. The van der Waals surface area contributed by atoms with Crippen LogP contribution in [-0.4, -0.2) is 192 Å². The Morgan fingerprint density at radius 1 is 0.650 bits per heavy atom. The Bertz CT molecular complexity index is 2510. The molecule has 1 aliphatic heterocycles. The predicted octanol–water partition coefficient (Wildman–Crippen LogP) is 4.69. The Kier molecular flexibility index (Phi) is 31.9. The monoisotopic (exact) mass is 1160 g/mol. The number of hydrogen-bond acceptors (Lipinski definition) is 20. The van der Waals surface area contributed by atoms with Crippen molar-refractivity contribution in [2.75, 3.05) is 145 Å². The predicted molar refractivity (Wildman–Crippen MR) is 278 cm³/mol. The summed E-state index contributed by atoms with van der Waals surface area (Å²) in [6, 6.07) is 9.52.